The van der Waals surface area contributed by atoms with Gasteiger partial charge in [0.15, 0.2) is 17.5 Å². The Bertz CT molecular complexity index is 3080. The third-order valence-electron chi connectivity index (χ3n) is 14.9. The van der Waals surface area contributed by atoms with Crippen LogP contribution in [0.5, 0.6) is 0 Å². The average Bonchev–Trinajstić information content (AvgIpc) is 3.60. The smallest absolute Gasteiger partial charge is 0.164 e. The Morgan fingerprint density at radius 2 is 0.867 bits per heavy atom. The van der Waals surface area contributed by atoms with Gasteiger partial charge in [-0.05, 0) is 152 Å². The summed E-state index contributed by atoms with van der Waals surface area (Å²) in [5.41, 5.74) is 13.9. The van der Waals surface area contributed by atoms with E-state index in [-0.39, 0.29) is 5.41 Å². The second kappa shape index (κ2) is 13.1. The van der Waals surface area contributed by atoms with Gasteiger partial charge in [-0.2, -0.15) is 0 Å². The fourth-order valence-corrected chi connectivity index (χ4v) is 12.6. The minimum Gasteiger partial charge on any atom is -0.208 e. The highest BCUT2D eigenvalue weighted by molar-refractivity contribution is 6.14. The maximum Gasteiger partial charge on any atom is 0.164 e. The summed E-state index contributed by atoms with van der Waals surface area (Å²) in [5, 5.41) is 5.00. The molecule has 0 aliphatic heterocycles. The van der Waals surface area contributed by atoms with E-state index in [1.165, 1.54) is 81.5 Å². The van der Waals surface area contributed by atoms with Gasteiger partial charge in [0.1, 0.15) is 0 Å². The molecule has 0 N–H and O–H groups in total. The first kappa shape index (κ1) is 34.2. The van der Waals surface area contributed by atoms with Gasteiger partial charge in [0.25, 0.3) is 0 Å². The predicted molar refractivity (Wildman–Crippen MR) is 245 cm³/mol. The summed E-state index contributed by atoms with van der Waals surface area (Å²) in [7, 11) is 0. The van der Waals surface area contributed by atoms with Crippen molar-refractivity contribution in [3.05, 3.63) is 187 Å². The van der Waals surface area contributed by atoms with Gasteiger partial charge in [-0.3, -0.25) is 0 Å². The van der Waals surface area contributed by atoms with Gasteiger partial charge in [-0.1, -0.05) is 146 Å². The monoisotopic (exact) mass is 769 g/mol. The topological polar surface area (TPSA) is 38.7 Å². The molecule has 1 heterocycles. The van der Waals surface area contributed by atoms with Gasteiger partial charge >= 0.3 is 0 Å². The van der Waals surface area contributed by atoms with Gasteiger partial charge < -0.3 is 0 Å². The summed E-state index contributed by atoms with van der Waals surface area (Å²) >= 11 is 0. The van der Waals surface area contributed by atoms with Gasteiger partial charge in [0, 0.05) is 22.1 Å². The van der Waals surface area contributed by atoms with Gasteiger partial charge in [0.05, 0.1) is 0 Å². The molecule has 60 heavy (non-hydrogen) atoms. The molecular weight excluding hydrogens is 727 g/mol. The number of nitrogens with zero attached hydrogens (tertiary/aromatic N) is 3. The molecule has 0 amide bonds. The third kappa shape index (κ3) is 5.11. The largest absolute Gasteiger partial charge is 0.208 e. The summed E-state index contributed by atoms with van der Waals surface area (Å²) in [5.74, 6) is 5.21. The highest BCUT2D eigenvalue weighted by Crippen LogP contribution is 2.69. The van der Waals surface area contributed by atoms with Crippen LogP contribution in [0.4, 0.5) is 0 Å². The zero-order chi connectivity index (χ0) is 39.4. The summed E-state index contributed by atoms with van der Waals surface area (Å²) in [4.78, 5) is 15.6. The summed E-state index contributed by atoms with van der Waals surface area (Å²) in [6.07, 6.45) is 6.92. The molecule has 0 saturated heterocycles. The van der Waals surface area contributed by atoms with Crippen molar-refractivity contribution < 1.29 is 0 Å². The Hall–Kier alpha value is -6.71. The van der Waals surface area contributed by atoms with E-state index in [9.17, 15) is 0 Å². The van der Waals surface area contributed by atoms with Crippen LogP contribution in [-0.2, 0) is 5.41 Å². The van der Waals surface area contributed by atoms with E-state index < -0.39 is 0 Å². The van der Waals surface area contributed by atoms with E-state index in [1.54, 1.807) is 11.1 Å². The molecule has 8 aromatic carbocycles. The normalized spacial score (nSPS) is 22.1. The van der Waals surface area contributed by atoms with E-state index in [0.29, 0.717) is 29.3 Å². The van der Waals surface area contributed by atoms with Crippen LogP contribution in [0.2, 0.25) is 0 Å². The number of hydrogen-bond acceptors (Lipinski definition) is 3. The zero-order valence-electron chi connectivity index (χ0n) is 33.4. The Balaban J connectivity index is 1.06. The molecule has 0 unspecified atom stereocenters. The van der Waals surface area contributed by atoms with Crippen LogP contribution in [-0.4, -0.2) is 15.0 Å². The van der Waals surface area contributed by atoms with Crippen LogP contribution in [0.25, 0.3) is 89.1 Å². The Kier molecular flexibility index (Phi) is 7.49. The molecule has 3 heteroatoms. The molecule has 14 rings (SSSR count). The number of fused-ring (bicyclic) bond motifs is 6. The first-order valence-corrected chi connectivity index (χ1v) is 21.9. The van der Waals surface area contributed by atoms with Crippen molar-refractivity contribution in [3.8, 4) is 67.5 Å². The van der Waals surface area contributed by atoms with Crippen molar-refractivity contribution >= 4 is 21.5 Å². The highest BCUT2D eigenvalue weighted by Gasteiger charge is 2.61. The Morgan fingerprint density at radius 1 is 0.333 bits per heavy atom. The fraction of sp³-hybridized carbons (Fsp3) is 0.175. The SMILES string of the molecule is c1ccc(-c2nc(-c3ccccc3)nc(-c3cc(-c4ccc5c(c4)C4(c6ccccc6-5)C5CC6CC(C5)CC4C6)cc(-c4cc5ccccc5c5ccccc45)c3)n2)cc1. The lowest BCUT2D eigenvalue weighted by atomic mass is 9.43. The molecule has 0 radical (unpaired) electrons. The number of aromatic nitrogens is 3. The van der Waals surface area contributed by atoms with Crippen LogP contribution >= 0.6 is 0 Å². The quantitative estimate of drug-likeness (QED) is 0.164. The van der Waals surface area contributed by atoms with Crippen LogP contribution in [0.1, 0.15) is 43.2 Å². The summed E-state index contributed by atoms with van der Waals surface area (Å²) in [6.45, 7) is 0. The van der Waals surface area contributed by atoms with Crippen molar-refractivity contribution in [2.45, 2.75) is 37.5 Å². The van der Waals surface area contributed by atoms with Gasteiger partial charge in [-0.25, -0.2) is 15.0 Å². The van der Waals surface area contributed by atoms with E-state index in [2.05, 4.69) is 140 Å². The van der Waals surface area contributed by atoms with Crippen molar-refractivity contribution in [1.29, 1.82) is 0 Å². The second-order valence-electron chi connectivity index (χ2n) is 18.0. The molecule has 5 aliphatic rings. The number of hydrogen-bond donors (Lipinski definition) is 0. The molecule has 1 aromatic heterocycles. The average molecular weight is 770 g/mol. The van der Waals surface area contributed by atoms with Crippen molar-refractivity contribution in [3.63, 3.8) is 0 Å². The van der Waals surface area contributed by atoms with Crippen LogP contribution in [0.3, 0.4) is 0 Å². The molecule has 9 aromatic rings. The van der Waals surface area contributed by atoms with E-state index >= 15 is 0 Å². The fourth-order valence-electron chi connectivity index (χ4n) is 12.6. The number of rotatable bonds is 5. The van der Waals surface area contributed by atoms with Gasteiger partial charge in [-0.15, -0.1) is 0 Å². The van der Waals surface area contributed by atoms with E-state index in [1.807, 2.05) is 36.4 Å². The highest BCUT2D eigenvalue weighted by atomic mass is 15.0. The van der Waals surface area contributed by atoms with Crippen molar-refractivity contribution in [2.24, 2.45) is 23.7 Å². The minimum atomic E-state index is 0.0910. The Morgan fingerprint density at radius 3 is 1.57 bits per heavy atom. The van der Waals surface area contributed by atoms with Gasteiger partial charge in [0.2, 0.25) is 0 Å². The summed E-state index contributed by atoms with van der Waals surface area (Å²) in [6, 6.07) is 64.5. The van der Waals surface area contributed by atoms with E-state index in [4.69, 9.17) is 15.0 Å². The molecule has 4 fully saturated rings. The maximum atomic E-state index is 5.26. The molecule has 0 atom stereocenters. The lowest BCUT2D eigenvalue weighted by Gasteiger charge is -2.61. The lowest BCUT2D eigenvalue weighted by molar-refractivity contribution is -0.0399. The zero-order valence-corrected chi connectivity index (χ0v) is 33.4. The Labute approximate surface area is 350 Å². The molecule has 4 saturated carbocycles. The molecule has 286 valence electrons. The standard InChI is InChI=1S/C57H43N3/c1-3-13-37(14-4-1)54-58-55(38-15-5-2-6-16-38)60-56(59-54)43-31-41(30-42(32-43)51-33-40-17-7-8-18-46(40)47-19-9-10-20-48(47)51)39-23-24-50-49-21-11-12-22-52(49)57(53(50)34-39)44-26-35-25-36(28-44)29-45(57)27-35/h1-24,30-36,44-45H,25-29H2. The maximum absolute atomic E-state index is 5.26. The number of benzene rings is 8. The molecule has 5 aliphatic carbocycles. The van der Waals surface area contributed by atoms with Crippen LogP contribution in [0.15, 0.2) is 176 Å². The first-order valence-electron chi connectivity index (χ1n) is 21.9. The van der Waals surface area contributed by atoms with Crippen LogP contribution in [0, 0.1) is 23.7 Å². The molecular formula is C57H43N3. The first-order chi connectivity index (χ1) is 29.7. The molecule has 1 spiro atoms. The molecule has 3 nitrogen and oxygen atoms in total. The van der Waals surface area contributed by atoms with Crippen molar-refractivity contribution in [2.75, 3.05) is 0 Å². The predicted octanol–water partition coefficient (Wildman–Crippen LogP) is 14.2. The minimum absolute atomic E-state index is 0.0910. The lowest BCUT2D eigenvalue weighted by Crippen LogP contribution is -2.55. The van der Waals surface area contributed by atoms with E-state index in [0.717, 1.165) is 34.1 Å². The summed E-state index contributed by atoms with van der Waals surface area (Å²) < 4.78 is 0. The van der Waals surface area contributed by atoms with Crippen molar-refractivity contribution in [1.82, 2.24) is 15.0 Å². The van der Waals surface area contributed by atoms with Crippen LogP contribution < -0.4 is 0 Å². The third-order valence-corrected chi connectivity index (χ3v) is 14.9. The second-order valence-corrected chi connectivity index (χ2v) is 18.0. The molecule has 4 bridgehead atoms.